The zero-order valence-corrected chi connectivity index (χ0v) is 21.9. The Labute approximate surface area is 236 Å². The molecule has 0 saturated heterocycles. The van der Waals surface area contributed by atoms with Crippen LogP contribution in [0.5, 0.6) is 0 Å². The second kappa shape index (κ2) is 12.5. The first-order valence-electron chi connectivity index (χ1n) is 12.9. The van der Waals surface area contributed by atoms with Gasteiger partial charge in [-0.1, -0.05) is 78.9 Å². The van der Waals surface area contributed by atoms with Gasteiger partial charge in [0.05, 0.1) is 0 Å². The van der Waals surface area contributed by atoms with Crippen LogP contribution in [-0.4, -0.2) is 17.6 Å². The monoisotopic (exact) mass is 540 g/mol. The third kappa shape index (κ3) is 6.88. The van der Waals surface area contributed by atoms with E-state index in [-0.39, 0.29) is 17.3 Å². The molecular weight excluding hydrogens is 515 g/mol. The summed E-state index contributed by atoms with van der Waals surface area (Å²) in [5.74, 6) is -1.52. The van der Waals surface area contributed by atoms with Crippen molar-refractivity contribution in [2.24, 2.45) is 0 Å². The molecule has 2 amide bonds. The molecule has 0 aliphatic heterocycles. The lowest BCUT2D eigenvalue weighted by Gasteiger charge is -2.12. The van der Waals surface area contributed by atoms with Crippen LogP contribution in [0.2, 0.25) is 0 Å². The predicted octanol–water partition coefficient (Wildman–Crippen LogP) is 7.28. The van der Waals surface area contributed by atoms with Crippen LogP contribution in [0.25, 0.3) is 22.9 Å². The molecule has 5 nitrogen and oxygen atoms in total. The number of hydrogen-bond donors (Lipinski definition) is 2. The number of halogens is 1. The fraction of sp³-hybridized carbons (Fsp3) is 0. The Kier molecular flexibility index (Phi) is 8.21. The molecule has 0 radical (unpaired) electrons. The van der Waals surface area contributed by atoms with Crippen LogP contribution in [0.4, 0.5) is 10.1 Å². The summed E-state index contributed by atoms with van der Waals surface area (Å²) in [6, 6.07) is 34.4. The molecule has 6 heteroatoms. The van der Waals surface area contributed by atoms with Crippen LogP contribution in [0.1, 0.15) is 31.8 Å². The molecule has 0 spiro atoms. The number of fused-ring (bicyclic) bond motifs is 1. The van der Waals surface area contributed by atoms with Gasteiger partial charge in [0.25, 0.3) is 11.8 Å². The van der Waals surface area contributed by atoms with E-state index in [1.54, 1.807) is 72.8 Å². The molecular formula is C35H25FN2O3. The van der Waals surface area contributed by atoms with E-state index in [0.717, 1.165) is 16.3 Å². The van der Waals surface area contributed by atoms with Crippen LogP contribution in [0.3, 0.4) is 0 Å². The second-order valence-corrected chi connectivity index (χ2v) is 9.23. The first-order valence-corrected chi connectivity index (χ1v) is 12.9. The first-order chi connectivity index (χ1) is 20.0. The molecule has 41 heavy (non-hydrogen) atoms. The van der Waals surface area contributed by atoms with Crippen molar-refractivity contribution >= 4 is 46.2 Å². The normalized spacial score (nSPS) is 11.4. The molecule has 5 rings (SSSR count). The summed E-state index contributed by atoms with van der Waals surface area (Å²) in [4.78, 5) is 39.0. The molecule has 5 aromatic carbocycles. The highest BCUT2D eigenvalue weighted by atomic mass is 19.1. The van der Waals surface area contributed by atoms with Crippen molar-refractivity contribution < 1.29 is 18.8 Å². The van der Waals surface area contributed by atoms with Crippen molar-refractivity contribution in [1.82, 2.24) is 5.32 Å². The molecule has 2 N–H and O–H groups in total. The van der Waals surface area contributed by atoms with Crippen molar-refractivity contribution in [3.63, 3.8) is 0 Å². The minimum Gasteiger partial charge on any atom is -0.321 e. The molecule has 0 aliphatic rings. The van der Waals surface area contributed by atoms with Crippen molar-refractivity contribution in [3.8, 4) is 0 Å². The van der Waals surface area contributed by atoms with Gasteiger partial charge < -0.3 is 10.6 Å². The fourth-order valence-corrected chi connectivity index (χ4v) is 4.23. The van der Waals surface area contributed by atoms with Gasteiger partial charge in [-0.3, -0.25) is 14.4 Å². The Balaban J connectivity index is 1.36. The number of anilines is 1. The summed E-state index contributed by atoms with van der Waals surface area (Å²) < 4.78 is 13.1. The van der Waals surface area contributed by atoms with Gasteiger partial charge in [-0.15, -0.1) is 0 Å². The van der Waals surface area contributed by atoms with E-state index >= 15 is 0 Å². The minimum atomic E-state index is -0.516. The van der Waals surface area contributed by atoms with Crippen LogP contribution >= 0.6 is 0 Å². The van der Waals surface area contributed by atoms with E-state index in [9.17, 15) is 18.8 Å². The fourth-order valence-electron chi connectivity index (χ4n) is 4.23. The highest BCUT2D eigenvalue weighted by Crippen LogP contribution is 2.21. The number of carbonyl (C=O) groups excluding carboxylic acids is 3. The van der Waals surface area contributed by atoms with E-state index in [2.05, 4.69) is 10.6 Å². The van der Waals surface area contributed by atoms with E-state index < -0.39 is 11.8 Å². The van der Waals surface area contributed by atoms with E-state index in [0.29, 0.717) is 22.4 Å². The van der Waals surface area contributed by atoms with Crippen molar-refractivity contribution in [3.05, 3.63) is 161 Å². The number of allylic oxidation sites excluding steroid dienone is 1. The predicted molar refractivity (Wildman–Crippen MR) is 161 cm³/mol. The molecule has 0 heterocycles. The largest absolute Gasteiger partial charge is 0.321 e. The number of rotatable bonds is 8. The molecule has 0 aromatic heterocycles. The Hall–Kier alpha value is -5.62. The summed E-state index contributed by atoms with van der Waals surface area (Å²) in [5, 5.41) is 7.50. The van der Waals surface area contributed by atoms with Gasteiger partial charge in [0.15, 0.2) is 5.78 Å². The molecule has 5 aromatic rings. The zero-order valence-electron chi connectivity index (χ0n) is 21.9. The van der Waals surface area contributed by atoms with Crippen LogP contribution in [0, 0.1) is 5.82 Å². The lowest BCUT2D eigenvalue weighted by Crippen LogP contribution is -2.30. The van der Waals surface area contributed by atoms with Gasteiger partial charge in [0.1, 0.15) is 11.5 Å². The van der Waals surface area contributed by atoms with Crippen LogP contribution in [0.15, 0.2) is 133 Å². The highest BCUT2D eigenvalue weighted by Gasteiger charge is 2.16. The van der Waals surface area contributed by atoms with Crippen LogP contribution in [-0.2, 0) is 4.79 Å². The van der Waals surface area contributed by atoms with Gasteiger partial charge in [-0.2, -0.15) is 0 Å². The third-order valence-electron chi connectivity index (χ3n) is 6.38. The average molecular weight is 541 g/mol. The number of hydrogen-bond acceptors (Lipinski definition) is 3. The lowest BCUT2D eigenvalue weighted by molar-refractivity contribution is -0.113. The van der Waals surface area contributed by atoms with Crippen LogP contribution < -0.4 is 10.6 Å². The number of ketones is 1. The van der Waals surface area contributed by atoms with E-state index in [1.807, 2.05) is 48.5 Å². The topological polar surface area (TPSA) is 75.3 Å². The van der Waals surface area contributed by atoms with Gasteiger partial charge in [0.2, 0.25) is 0 Å². The van der Waals surface area contributed by atoms with E-state index in [1.165, 1.54) is 18.2 Å². The number of nitrogens with one attached hydrogen (secondary N) is 2. The maximum atomic E-state index is 13.4. The summed E-state index contributed by atoms with van der Waals surface area (Å²) in [6.45, 7) is 0. The molecule has 0 fully saturated rings. The summed E-state index contributed by atoms with van der Waals surface area (Å²) in [6.07, 6.45) is 4.67. The maximum Gasteiger partial charge on any atom is 0.272 e. The average Bonchev–Trinajstić information content (AvgIpc) is 3.01. The standard InChI is InChI=1S/C35H25FN2O3/c36-29-18-13-24(14-19-29)15-22-33(39)26-16-20-30(21-17-26)37-35(41)32(38-34(40)27-8-2-1-3-9-27)23-28-11-6-10-25-7-4-5-12-31(25)28/h1-23H,(H,37,41)(H,38,40)/b22-15+,32-23-. The number of carbonyl (C=O) groups is 3. The molecule has 0 saturated carbocycles. The Morgan fingerprint density at radius 1 is 0.659 bits per heavy atom. The molecule has 200 valence electrons. The Morgan fingerprint density at radius 3 is 2.10 bits per heavy atom. The number of benzene rings is 5. The Morgan fingerprint density at radius 2 is 1.34 bits per heavy atom. The second-order valence-electron chi connectivity index (χ2n) is 9.23. The summed E-state index contributed by atoms with van der Waals surface area (Å²) in [7, 11) is 0. The third-order valence-corrected chi connectivity index (χ3v) is 6.38. The minimum absolute atomic E-state index is 0.0672. The molecule has 0 atom stereocenters. The molecule has 0 bridgehead atoms. The smallest absolute Gasteiger partial charge is 0.272 e. The van der Waals surface area contributed by atoms with Crippen molar-refractivity contribution in [2.45, 2.75) is 0 Å². The van der Waals surface area contributed by atoms with Gasteiger partial charge in [0, 0.05) is 16.8 Å². The van der Waals surface area contributed by atoms with E-state index in [4.69, 9.17) is 0 Å². The maximum absolute atomic E-state index is 13.4. The molecule has 0 unspecified atom stereocenters. The quantitative estimate of drug-likeness (QED) is 0.160. The van der Waals surface area contributed by atoms with Crippen molar-refractivity contribution in [2.75, 3.05) is 5.32 Å². The van der Waals surface area contributed by atoms with Gasteiger partial charge >= 0.3 is 0 Å². The highest BCUT2D eigenvalue weighted by molar-refractivity contribution is 6.12. The van der Waals surface area contributed by atoms with Crippen molar-refractivity contribution in [1.29, 1.82) is 0 Å². The Bertz CT molecular complexity index is 1770. The first kappa shape index (κ1) is 27.0. The summed E-state index contributed by atoms with van der Waals surface area (Å²) in [5.41, 5.74) is 2.83. The lowest BCUT2D eigenvalue weighted by atomic mass is 10.0. The number of amides is 2. The molecule has 0 aliphatic carbocycles. The summed E-state index contributed by atoms with van der Waals surface area (Å²) >= 11 is 0. The SMILES string of the molecule is O=C(Nc1ccc(C(=O)/C=C/c2ccc(F)cc2)cc1)/C(=C/c1cccc2ccccc12)NC(=O)c1ccccc1. The van der Waals surface area contributed by atoms with Gasteiger partial charge in [-0.25, -0.2) is 4.39 Å². The van der Waals surface area contributed by atoms with Gasteiger partial charge in [-0.05, 0) is 82.6 Å². The zero-order chi connectivity index (χ0) is 28.6.